The number of piperidine rings is 1. The second-order valence-electron chi connectivity index (χ2n) is 8.04. The van der Waals surface area contributed by atoms with Crippen molar-refractivity contribution in [3.63, 3.8) is 0 Å². The van der Waals surface area contributed by atoms with E-state index in [0.717, 1.165) is 35.4 Å². The summed E-state index contributed by atoms with van der Waals surface area (Å²) in [5.41, 5.74) is 1.91. The Hall–Kier alpha value is -3.15. The number of hydrogen-bond acceptors (Lipinski definition) is 5. The number of likely N-dealkylation sites (tertiary alicyclic amines) is 1. The highest BCUT2D eigenvalue weighted by atomic mass is 16.6. The molecule has 5 rings (SSSR count). The number of aromatic nitrogens is 1. The number of fused-ring (bicyclic) bond motifs is 2. The zero-order valence-corrected chi connectivity index (χ0v) is 16.3. The highest BCUT2D eigenvalue weighted by molar-refractivity contribution is 5.97. The van der Waals surface area contributed by atoms with Crippen molar-refractivity contribution in [3.8, 4) is 0 Å². The minimum atomic E-state index is -1.16. The van der Waals surface area contributed by atoms with Crippen molar-refractivity contribution in [2.24, 2.45) is 0 Å². The first-order valence-electron chi connectivity index (χ1n) is 9.99. The predicted octanol–water partition coefficient (Wildman–Crippen LogP) is 3.71. The molecule has 148 valence electrons. The van der Waals surface area contributed by atoms with Gasteiger partial charge in [0.2, 0.25) is 0 Å². The second kappa shape index (κ2) is 6.72. The number of oxazole rings is 1. The first kappa shape index (κ1) is 17.9. The van der Waals surface area contributed by atoms with Crippen LogP contribution in [0.4, 0.5) is 0 Å². The van der Waals surface area contributed by atoms with Gasteiger partial charge in [0.25, 0.3) is 5.91 Å². The quantitative estimate of drug-likeness (QED) is 0.624. The molecule has 1 saturated heterocycles. The number of rotatable bonds is 2. The van der Waals surface area contributed by atoms with Crippen LogP contribution in [0.1, 0.15) is 47.5 Å². The molecular formula is C23H22N2O4. The van der Waals surface area contributed by atoms with E-state index in [0.29, 0.717) is 25.1 Å². The van der Waals surface area contributed by atoms with E-state index >= 15 is 0 Å². The van der Waals surface area contributed by atoms with E-state index in [1.54, 1.807) is 24.0 Å². The number of carbonyl (C=O) groups excluding carboxylic acids is 2. The summed E-state index contributed by atoms with van der Waals surface area (Å²) in [5.74, 6) is 0.372. The van der Waals surface area contributed by atoms with Crippen LogP contribution in [0, 0.1) is 0 Å². The van der Waals surface area contributed by atoms with Crippen LogP contribution in [0.2, 0.25) is 0 Å². The molecule has 0 N–H and O–H groups in total. The van der Waals surface area contributed by atoms with Gasteiger partial charge in [0.05, 0.1) is 5.56 Å². The molecule has 0 saturated carbocycles. The SMILES string of the molecule is CC1(C(=O)N2CCC(c3nc4ccccc4o3)CC2)Cc2ccccc2C(=O)O1. The van der Waals surface area contributed by atoms with Crippen molar-refractivity contribution in [2.45, 2.75) is 37.7 Å². The van der Waals surface area contributed by atoms with Gasteiger partial charge in [0.1, 0.15) is 5.52 Å². The van der Waals surface area contributed by atoms with Gasteiger partial charge in [-0.3, -0.25) is 4.79 Å². The molecule has 0 bridgehead atoms. The first-order valence-corrected chi connectivity index (χ1v) is 9.99. The maximum Gasteiger partial charge on any atom is 0.339 e. The Bertz CT molecular complexity index is 1060. The summed E-state index contributed by atoms with van der Waals surface area (Å²) in [4.78, 5) is 32.0. The zero-order chi connectivity index (χ0) is 20.0. The summed E-state index contributed by atoms with van der Waals surface area (Å²) in [6, 6.07) is 15.1. The van der Waals surface area contributed by atoms with Crippen LogP contribution < -0.4 is 0 Å². The Labute approximate surface area is 168 Å². The normalized spacial score (nSPS) is 22.4. The van der Waals surface area contributed by atoms with Gasteiger partial charge in [0, 0.05) is 25.4 Å². The highest BCUT2D eigenvalue weighted by Crippen LogP contribution is 2.34. The molecule has 1 fully saturated rings. The van der Waals surface area contributed by atoms with Crippen molar-refractivity contribution < 1.29 is 18.7 Å². The molecule has 2 aliphatic heterocycles. The number of benzene rings is 2. The van der Waals surface area contributed by atoms with E-state index in [1.165, 1.54) is 0 Å². The number of carbonyl (C=O) groups is 2. The van der Waals surface area contributed by atoms with E-state index in [2.05, 4.69) is 4.98 Å². The van der Waals surface area contributed by atoms with Crippen molar-refractivity contribution in [1.29, 1.82) is 0 Å². The van der Waals surface area contributed by atoms with Gasteiger partial charge in [-0.25, -0.2) is 9.78 Å². The van der Waals surface area contributed by atoms with E-state index in [1.807, 2.05) is 36.4 Å². The van der Waals surface area contributed by atoms with Crippen LogP contribution in [0.15, 0.2) is 52.9 Å². The van der Waals surface area contributed by atoms with Gasteiger partial charge in [-0.15, -0.1) is 0 Å². The van der Waals surface area contributed by atoms with Crippen molar-refractivity contribution in [2.75, 3.05) is 13.1 Å². The molecular weight excluding hydrogens is 368 g/mol. The topological polar surface area (TPSA) is 72.6 Å². The lowest BCUT2D eigenvalue weighted by molar-refractivity contribution is -0.152. The lowest BCUT2D eigenvalue weighted by atomic mass is 9.87. The second-order valence-corrected chi connectivity index (χ2v) is 8.04. The standard InChI is InChI=1S/C23H22N2O4/c1-23(14-16-6-2-3-7-17(16)21(26)29-23)22(27)25-12-10-15(11-13-25)20-24-18-8-4-5-9-19(18)28-20/h2-9,15H,10-14H2,1H3. The van der Waals surface area contributed by atoms with Gasteiger partial charge in [0.15, 0.2) is 17.1 Å². The van der Waals surface area contributed by atoms with Crippen molar-refractivity contribution in [3.05, 3.63) is 65.5 Å². The smallest absolute Gasteiger partial charge is 0.339 e. The summed E-state index contributed by atoms with van der Waals surface area (Å²) < 4.78 is 11.5. The van der Waals surface area contributed by atoms with Crippen LogP contribution in [0.5, 0.6) is 0 Å². The first-order chi connectivity index (χ1) is 14.0. The molecule has 3 heterocycles. The molecule has 1 atom stereocenters. The minimum absolute atomic E-state index is 0.128. The number of esters is 1. The Morgan fingerprint density at radius 1 is 1.10 bits per heavy atom. The number of para-hydroxylation sites is 2. The summed E-state index contributed by atoms with van der Waals surface area (Å²) in [6.07, 6.45) is 1.96. The van der Waals surface area contributed by atoms with Gasteiger partial charge in [-0.2, -0.15) is 0 Å². The number of hydrogen-bond donors (Lipinski definition) is 0. The predicted molar refractivity (Wildman–Crippen MR) is 107 cm³/mol. The maximum absolute atomic E-state index is 13.2. The third-order valence-electron chi connectivity index (χ3n) is 5.98. The van der Waals surface area contributed by atoms with Crippen LogP contribution in [0.25, 0.3) is 11.1 Å². The molecule has 1 unspecified atom stereocenters. The van der Waals surface area contributed by atoms with E-state index < -0.39 is 11.6 Å². The Morgan fingerprint density at radius 2 is 1.83 bits per heavy atom. The van der Waals surface area contributed by atoms with E-state index in [-0.39, 0.29) is 11.8 Å². The summed E-state index contributed by atoms with van der Waals surface area (Å²) >= 11 is 0. The monoisotopic (exact) mass is 390 g/mol. The van der Waals surface area contributed by atoms with Crippen molar-refractivity contribution in [1.82, 2.24) is 9.88 Å². The molecule has 3 aromatic rings. The average molecular weight is 390 g/mol. The third kappa shape index (κ3) is 3.09. The van der Waals surface area contributed by atoms with E-state index in [9.17, 15) is 9.59 Å². The van der Waals surface area contributed by atoms with Gasteiger partial charge in [-0.05, 0) is 43.5 Å². The fraction of sp³-hybridized carbons (Fsp3) is 0.348. The zero-order valence-electron chi connectivity index (χ0n) is 16.3. The van der Waals surface area contributed by atoms with E-state index in [4.69, 9.17) is 9.15 Å². The highest BCUT2D eigenvalue weighted by Gasteiger charge is 2.45. The van der Waals surface area contributed by atoms with Gasteiger partial charge in [-0.1, -0.05) is 30.3 Å². The third-order valence-corrected chi connectivity index (χ3v) is 5.98. The largest absolute Gasteiger partial charge is 0.445 e. The molecule has 1 aromatic heterocycles. The van der Waals surface area contributed by atoms with Crippen LogP contribution in [-0.2, 0) is 16.0 Å². The molecule has 2 aliphatic rings. The van der Waals surface area contributed by atoms with Gasteiger partial charge >= 0.3 is 5.97 Å². The molecule has 29 heavy (non-hydrogen) atoms. The van der Waals surface area contributed by atoms with Crippen LogP contribution in [-0.4, -0.2) is 40.5 Å². The minimum Gasteiger partial charge on any atom is -0.445 e. The number of amides is 1. The summed E-state index contributed by atoms with van der Waals surface area (Å²) in [7, 11) is 0. The van der Waals surface area contributed by atoms with Crippen LogP contribution >= 0.6 is 0 Å². The average Bonchev–Trinajstić information content (AvgIpc) is 3.17. The summed E-state index contributed by atoms with van der Waals surface area (Å²) in [6.45, 7) is 2.91. The fourth-order valence-electron chi connectivity index (χ4n) is 4.38. The molecule has 1 amide bonds. The number of cyclic esters (lactones) is 1. The summed E-state index contributed by atoms with van der Waals surface area (Å²) in [5, 5.41) is 0. The molecule has 2 aromatic carbocycles. The lowest BCUT2D eigenvalue weighted by Crippen LogP contribution is -2.54. The van der Waals surface area contributed by atoms with Crippen LogP contribution in [0.3, 0.4) is 0 Å². The molecule has 0 radical (unpaired) electrons. The Morgan fingerprint density at radius 3 is 2.62 bits per heavy atom. The van der Waals surface area contributed by atoms with Gasteiger partial charge < -0.3 is 14.1 Å². The Balaban J connectivity index is 1.29. The number of nitrogens with zero attached hydrogens (tertiary/aromatic N) is 2. The molecule has 0 aliphatic carbocycles. The molecule has 0 spiro atoms. The molecule has 6 nitrogen and oxygen atoms in total. The maximum atomic E-state index is 13.2. The van der Waals surface area contributed by atoms with Crippen molar-refractivity contribution >= 4 is 23.0 Å². The molecule has 6 heteroatoms. The Kier molecular flexibility index (Phi) is 4.15. The number of ether oxygens (including phenoxy) is 1. The fourth-order valence-corrected chi connectivity index (χ4v) is 4.38. The lowest BCUT2D eigenvalue weighted by Gasteiger charge is -2.39.